The van der Waals surface area contributed by atoms with Crippen molar-refractivity contribution < 1.29 is 14.0 Å². The number of aryl methyl sites for hydroxylation is 1. The van der Waals surface area contributed by atoms with Crippen molar-refractivity contribution in [3.63, 3.8) is 0 Å². The zero-order valence-corrected chi connectivity index (χ0v) is 20.6. The van der Waals surface area contributed by atoms with Gasteiger partial charge in [-0.2, -0.15) is 0 Å². The van der Waals surface area contributed by atoms with Crippen LogP contribution < -0.4 is 5.32 Å². The molecule has 2 amide bonds. The van der Waals surface area contributed by atoms with Gasteiger partial charge >= 0.3 is 0 Å². The monoisotopic (exact) mass is 473 g/mol. The molecule has 0 bridgehead atoms. The number of aromatic nitrogens is 3. The SMILES string of the molecule is CCc1ccc([C@H](C(=O)NC(C)(C)C)N(Cc2ccco2)C(=O)Cn2nnc3ccccc32)cc1. The predicted octanol–water partition coefficient (Wildman–Crippen LogP) is 4.27. The fourth-order valence-corrected chi connectivity index (χ4v) is 3.99. The van der Waals surface area contributed by atoms with E-state index in [1.54, 1.807) is 28.0 Å². The Morgan fingerprint density at radius 1 is 1.06 bits per heavy atom. The molecule has 0 saturated carbocycles. The zero-order valence-electron chi connectivity index (χ0n) is 20.6. The van der Waals surface area contributed by atoms with E-state index < -0.39 is 11.6 Å². The number of fused-ring (bicyclic) bond motifs is 1. The smallest absolute Gasteiger partial charge is 0.247 e. The molecule has 35 heavy (non-hydrogen) atoms. The maximum absolute atomic E-state index is 13.8. The van der Waals surface area contributed by atoms with Gasteiger partial charge in [0.15, 0.2) is 0 Å². The molecule has 0 spiro atoms. The Balaban J connectivity index is 1.74. The van der Waals surface area contributed by atoms with E-state index in [2.05, 4.69) is 22.6 Å². The second-order valence-corrected chi connectivity index (χ2v) is 9.57. The molecular weight excluding hydrogens is 442 g/mol. The largest absolute Gasteiger partial charge is 0.467 e. The Kier molecular flexibility index (Phi) is 7.00. The van der Waals surface area contributed by atoms with Crippen molar-refractivity contribution in [3.05, 3.63) is 83.8 Å². The van der Waals surface area contributed by atoms with Crippen molar-refractivity contribution in [2.24, 2.45) is 0 Å². The third-order valence-corrected chi connectivity index (χ3v) is 5.69. The molecule has 2 aromatic carbocycles. The quantitative estimate of drug-likeness (QED) is 0.412. The second kappa shape index (κ2) is 10.1. The van der Waals surface area contributed by atoms with Crippen LogP contribution in [0.3, 0.4) is 0 Å². The predicted molar refractivity (Wildman–Crippen MR) is 133 cm³/mol. The zero-order chi connectivity index (χ0) is 25.0. The van der Waals surface area contributed by atoms with Crippen LogP contribution in [0.1, 0.15) is 50.6 Å². The number of nitrogens with one attached hydrogen (secondary N) is 1. The first-order valence-corrected chi connectivity index (χ1v) is 11.8. The number of amides is 2. The summed E-state index contributed by atoms with van der Waals surface area (Å²) in [7, 11) is 0. The maximum atomic E-state index is 13.8. The van der Waals surface area contributed by atoms with Crippen LogP contribution in [0.25, 0.3) is 11.0 Å². The summed E-state index contributed by atoms with van der Waals surface area (Å²) in [5, 5.41) is 11.4. The highest BCUT2D eigenvalue weighted by atomic mass is 16.3. The highest BCUT2D eigenvalue weighted by Crippen LogP contribution is 2.26. The molecule has 0 saturated heterocycles. The van der Waals surface area contributed by atoms with Gasteiger partial charge in [0.1, 0.15) is 23.9 Å². The number of furan rings is 1. The average Bonchev–Trinajstić information content (AvgIpc) is 3.48. The summed E-state index contributed by atoms with van der Waals surface area (Å²) in [6.07, 6.45) is 2.44. The van der Waals surface area contributed by atoms with Gasteiger partial charge in [0.25, 0.3) is 0 Å². The molecule has 0 fully saturated rings. The number of para-hydroxylation sites is 1. The van der Waals surface area contributed by atoms with Crippen molar-refractivity contribution in [2.75, 3.05) is 0 Å². The van der Waals surface area contributed by atoms with E-state index in [0.29, 0.717) is 11.3 Å². The third-order valence-electron chi connectivity index (χ3n) is 5.69. The molecule has 0 radical (unpaired) electrons. The highest BCUT2D eigenvalue weighted by molar-refractivity contribution is 5.89. The Morgan fingerprint density at radius 2 is 1.80 bits per heavy atom. The summed E-state index contributed by atoms with van der Waals surface area (Å²) >= 11 is 0. The molecule has 1 atom stereocenters. The lowest BCUT2D eigenvalue weighted by atomic mass is 9.99. The number of hydrogen-bond acceptors (Lipinski definition) is 5. The molecule has 1 N–H and O–H groups in total. The Labute approximate surface area is 204 Å². The standard InChI is InChI=1S/C27H31N5O3/c1-5-19-12-14-20(15-13-19)25(26(34)28-27(2,3)4)31(17-21-9-8-16-35-21)24(33)18-32-23-11-7-6-10-22(23)29-30-32/h6-16,25H,5,17-18H2,1-4H3,(H,28,34)/t25-/m1/s1. The van der Waals surface area contributed by atoms with E-state index >= 15 is 0 Å². The normalized spacial score (nSPS) is 12.5. The topological polar surface area (TPSA) is 93.3 Å². The number of carbonyl (C=O) groups is 2. The number of nitrogens with zero attached hydrogens (tertiary/aromatic N) is 4. The van der Waals surface area contributed by atoms with Crippen LogP contribution in [0.15, 0.2) is 71.3 Å². The average molecular weight is 474 g/mol. The fraction of sp³-hybridized carbons (Fsp3) is 0.333. The van der Waals surface area contributed by atoms with Crippen LogP contribution in [-0.4, -0.2) is 37.2 Å². The highest BCUT2D eigenvalue weighted by Gasteiger charge is 2.34. The molecule has 182 valence electrons. The lowest BCUT2D eigenvalue weighted by Crippen LogP contribution is -2.49. The molecule has 8 nitrogen and oxygen atoms in total. The lowest BCUT2D eigenvalue weighted by molar-refractivity contribution is -0.143. The van der Waals surface area contributed by atoms with Gasteiger partial charge in [-0.1, -0.05) is 48.5 Å². The number of rotatable bonds is 8. The molecular formula is C27H31N5O3. The van der Waals surface area contributed by atoms with E-state index in [-0.39, 0.29) is 24.9 Å². The molecule has 0 aliphatic carbocycles. The molecule has 4 rings (SSSR count). The van der Waals surface area contributed by atoms with Gasteiger partial charge in [-0.15, -0.1) is 5.10 Å². The molecule has 4 aromatic rings. The van der Waals surface area contributed by atoms with Gasteiger partial charge in [-0.3, -0.25) is 9.59 Å². The van der Waals surface area contributed by atoms with E-state index in [1.807, 2.05) is 69.3 Å². The first-order chi connectivity index (χ1) is 16.7. The van der Waals surface area contributed by atoms with Gasteiger partial charge in [-0.25, -0.2) is 4.68 Å². The molecule has 0 unspecified atom stereocenters. The second-order valence-electron chi connectivity index (χ2n) is 9.57. The van der Waals surface area contributed by atoms with Crippen molar-refractivity contribution in [1.29, 1.82) is 0 Å². The summed E-state index contributed by atoms with van der Waals surface area (Å²) in [6.45, 7) is 7.91. The van der Waals surface area contributed by atoms with Gasteiger partial charge < -0.3 is 14.6 Å². The Morgan fingerprint density at radius 3 is 2.46 bits per heavy atom. The first kappa shape index (κ1) is 24.2. The molecule has 2 heterocycles. The van der Waals surface area contributed by atoms with Crippen molar-refractivity contribution >= 4 is 22.8 Å². The number of benzene rings is 2. The van der Waals surface area contributed by atoms with Crippen LogP contribution in [0.5, 0.6) is 0 Å². The summed E-state index contributed by atoms with van der Waals surface area (Å²) in [5.41, 5.74) is 2.87. The van der Waals surface area contributed by atoms with Crippen molar-refractivity contribution in [2.45, 2.75) is 58.8 Å². The molecule has 2 aromatic heterocycles. The van der Waals surface area contributed by atoms with Crippen LogP contribution in [-0.2, 0) is 29.1 Å². The van der Waals surface area contributed by atoms with Gasteiger partial charge in [0.05, 0.1) is 18.3 Å². The summed E-state index contributed by atoms with van der Waals surface area (Å²) in [5.74, 6) is 0.0521. The van der Waals surface area contributed by atoms with E-state index in [9.17, 15) is 9.59 Å². The van der Waals surface area contributed by atoms with Crippen LogP contribution in [0.2, 0.25) is 0 Å². The first-order valence-electron chi connectivity index (χ1n) is 11.8. The maximum Gasteiger partial charge on any atom is 0.247 e. The summed E-state index contributed by atoms with van der Waals surface area (Å²) in [6, 6.07) is 18.0. The molecule has 8 heteroatoms. The van der Waals surface area contributed by atoms with E-state index in [1.165, 1.54) is 0 Å². The number of hydrogen-bond donors (Lipinski definition) is 1. The van der Waals surface area contributed by atoms with E-state index in [0.717, 1.165) is 23.1 Å². The minimum Gasteiger partial charge on any atom is -0.467 e. The van der Waals surface area contributed by atoms with Crippen LogP contribution >= 0.6 is 0 Å². The van der Waals surface area contributed by atoms with Crippen LogP contribution in [0.4, 0.5) is 0 Å². The Bertz CT molecular complexity index is 1290. The molecule has 0 aliphatic rings. The minimum absolute atomic E-state index is 0.0619. The number of carbonyl (C=O) groups excluding carboxylic acids is 2. The lowest BCUT2D eigenvalue weighted by Gasteiger charge is -2.33. The fourth-order valence-electron chi connectivity index (χ4n) is 3.99. The summed E-state index contributed by atoms with van der Waals surface area (Å²) < 4.78 is 7.12. The van der Waals surface area contributed by atoms with E-state index in [4.69, 9.17) is 4.42 Å². The minimum atomic E-state index is -0.854. The van der Waals surface area contributed by atoms with Gasteiger partial charge in [0.2, 0.25) is 11.8 Å². The van der Waals surface area contributed by atoms with Crippen molar-refractivity contribution in [3.8, 4) is 0 Å². The van der Waals surface area contributed by atoms with Crippen LogP contribution in [0, 0.1) is 0 Å². The summed E-state index contributed by atoms with van der Waals surface area (Å²) in [4.78, 5) is 29.0. The third kappa shape index (κ3) is 5.77. The van der Waals surface area contributed by atoms with Gasteiger partial charge in [0, 0.05) is 5.54 Å². The molecule has 0 aliphatic heterocycles. The Hall–Kier alpha value is -3.94. The van der Waals surface area contributed by atoms with Crippen molar-refractivity contribution in [1.82, 2.24) is 25.2 Å². The van der Waals surface area contributed by atoms with Gasteiger partial charge in [-0.05, 0) is 62.6 Å².